The van der Waals surface area contributed by atoms with E-state index in [0.717, 1.165) is 25.8 Å². The molecule has 1 unspecified atom stereocenters. The van der Waals surface area contributed by atoms with Crippen molar-refractivity contribution in [3.63, 3.8) is 0 Å². The minimum atomic E-state index is 0.173. The summed E-state index contributed by atoms with van der Waals surface area (Å²) < 4.78 is 0. The second-order valence-corrected chi connectivity index (χ2v) is 3.56. The number of nitrogens with two attached hydrogens (primary N) is 1. The van der Waals surface area contributed by atoms with Crippen LogP contribution in [0.1, 0.15) is 39.5 Å². The largest absolute Gasteiger partial charge is 0.356 e. The van der Waals surface area contributed by atoms with Crippen LogP contribution in [0.25, 0.3) is 0 Å². The second-order valence-electron chi connectivity index (χ2n) is 3.56. The van der Waals surface area contributed by atoms with Gasteiger partial charge in [0.2, 0.25) is 5.91 Å². The zero-order valence-electron chi connectivity index (χ0n) is 8.81. The van der Waals surface area contributed by atoms with Crippen molar-refractivity contribution >= 4 is 5.91 Å². The molecule has 0 radical (unpaired) electrons. The summed E-state index contributed by atoms with van der Waals surface area (Å²) in [6.45, 7) is 5.68. The van der Waals surface area contributed by atoms with Crippen molar-refractivity contribution in [2.45, 2.75) is 39.5 Å². The van der Waals surface area contributed by atoms with Crippen molar-refractivity contribution in [3.8, 4) is 0 Å². The molecule has 0 rings (SSSR count). The van der Waals surface area contributed by atoms with E-state index >= 15 is 0 Å². The average molecular weight is 186 g/mol. The summed E-state index contributed by atoms with van der Waals surface area (Å²) in [4.78, 5) is 11.2. The molecule has 0 spiro atoms. The molecule has 3 nitrogen and oxygen atoms in total. The predicted octanol–water partition coefficient (Wildman–Crippen LogP) is 1.28. The van der Waals surface area contributed by atoms with Gasteiger partial charge in [0.05, 0.1) is 0 Å². The van der Waals surface area contributed by atoms with Crippen molar-refractivity contribution in [2.24, 2.45) is 11.7 Å². The number of carbonyl (C=O) groups is 1. The fraction of sp³-hybridized carbons (Fsp3) is 0.900. The summed E-state index contributed by atoms with van der Waals surface area (Å²) in [6, 6.07) is 0. The number of unbranched alkanes of at least 4 members (excludes halogenated alkanes) is 1. The van der Waals surface area contributed by atoms with Crippen LogP contribution in [-0.2, 0) is 4.79 Å². The van der Waals surface area contributed by atoms with E-state index in [1.54, 1.807) is 0 Å². The zero-order valence-corrected chi connectivity index (χ0v) is 8.81. The lowest BCUT2D eigenvalue weighted by atomic mass is 10.1. The van der Waals surface area contributed by atoms with Crippen LogP contribution in [0.15, 0.2) is 0 Å². The molecule has 0 bridgehead atoms. The van der Waals surface area contributed by atoms with E-state index in [1.165, 1.54) is 0 Å². The Morgan fingerprint density at radius 3 is 2.69 bits per heavy atom. The van der Waals surface area contributed by atoms with Gasteiger partial charge in [-0.05, 0) is 25.3 Å². The molecule has 1 atom stereocenters. The van der Waals surface area contributed by atoms with Gasteiger partial charge in [0.15, 0.2) is 0 Å². The standard InChI is InChI=1S/C10H22N2O/c1-3-9(2)8-10(13)12-7-5-4-6-11/h9H,3-8,11H2,1-2H3,(H,12,13). The van der Waals surface area contributed by atoms with Gasteiger partial charge in [0.1, 0.15) is 0 Å². The summed E-state index contributed by atoms with van der Waals surface area (Å²) in [5, 5.41) is 2.89. The molecule has 0 aromatic rings. The topological polar surface area (TPSA) is 55.1 Å². The van der Waals surface area contributed by atoms with Gasteiger partial charge >= 0.3 is 0 Å². The Bertz CT molecular complexity index is 137. The molecule has 3 N–H and O–H groups in total. The van der Waals surface area contributed by atoms with Gasteiger partial charge in [-0.3, -0.25) is 4.79 Å². The smallest absolute Gasteiger partial charge is 0.220 e. The molecule has 0 heterocycles. The summed E-state index contributed by atoms with van der Waals surface area (Å²) in [7, 11) is 0. The molecule has 3 heteroatoms. The van der Waals surface area contributed by atoms with Crippen LogP contribution in [0.2, 0.25) is 0 Å². The Morgan fingerprint density at radius 1 is 1.46 bits per heavy atom. The first kappa shape index (κ1) is 12.4. The Morgan fingerprint density at radius 2 is 2.15 bits per heavy atom. The van der Waals surface area contributed by atoms with E-state index in [-0.39, 0.29) is 5.91 Å². The van der Waals surface area contributed by atoms with E-state index in [0.29, 0.717) is 18.9 Å². The highest BCUT2D eigenvalue weighted by atomic mass is 16.1. The van der Waals surface area contributed by atoms with Gasteiger partial charge in [0, 0.05) is 13.0 Å². The predicted molar refractivity (Wildman–Crippen MR) is 55.4 cm³/mol. The third-order valence-corrected chi connectivity index (χ3v) is 2.18. The first-order valence-corrected chi connectivity index (χ1v) is 5.17. The maximum Gasteiger partial charge on any atom is 0.220 e. The molecule has 0 saturated carbocycles. The van der Waals surface area contributed by atoms with Crippen LogP contribution in [-0.4, -0.2) is 19.0 Å². The van der Waals surface area contributed by atoms with Crippen LogP contribution in [0, 0.1) is 5.92 Å². The van der Waals surface area contributed by atoms with E-state index < -0.39 is 0 Å². The maximum atomic E-state index is 11.2. The van der Waals surface area contributed by atoms with Gasteiger partial charge in [-0.25, -0.2) is 0 Å². The first-order chi connectivity index (χ1) is 6.20. The van der Waals surface area contributed by atoms with E-state index in [9.17, 15) is 4.79 Å². The van der Waals surface area contributed by atoms with Crippen LogP contribution in [0.3, 0.4) is 0 Å². The molecule has 78 valence electrons. The molecular weight excluding hydrogens is 164 g/mol. The van der Waals surface area contributed by atoms with E-state index in [4.69, 9.17) is 5.73 Å². The van der Waals surface area contributed by atoms with Crippen molar-refractivity contribution in [1.82, 2.24) is 5.32 Å². The number of amides is 1. The highest BCUT2D eigenvalue weighted by Crippen LogP contribution is 2.05. The average Bonchev–Trinajstić information content (AvgIpc) is 2.12. The SMILES string of the molecule is CCC(C)CC(=O)NCCCCN. The molecule has 0 aromatic heterocycles. The lowest BCUT2D eigenvalue weighted by Crippen LogP contribution is -2.26. The fourth-order valence-electron chi connectivity index (χ4n) is 1.03. The maximum absolute atomic E-state index is 11.2. The third-order valence-electron chi connectivity index (χ3n) is 2.18. The molecule has 0 aliphatic rings. The quantitative estimate of drug-likeness (QED) is 0.588. The normalized spacial score (nSPS) is 12.5. The van der Waals surface area contributed by atoms with Gasteiger partial charge in [-0.2, -0.15) is 0 Å². The monoisotopic (exact) mass is 186 g/mol. The van der Waals surface area contributed by atoms with Crippen molar-refractivity contribution in [1.29, 1.82) is 0 Å². The zero-order chi connectivity index (χ0) is 10.1. The minimum absolute atomic E-state index is 0.173. The van der Waals surface area contributed by atoms with Crippen molar-refractivity contribution < 1.29 is 4.79 Å². The Hall–Kier alpha value is -0.570. The molecule has 0 aliphatic carbocycles. The van der Waals surface area contributed by atoms with Crippen molar-refractivity contribution in [2.75, 3.05) is 13.1 Å². The summed E-state index contributed by atoms with van der Waals surface area (Å²) in [5.41, 5.74) is 5.33. The van der Waals surface area contributed by atoms with Crippen LogP contribution in [0.4, 0.5) is 0 Å². The number of rotatable bonds is 7. The molecule has 0 aliphatic heterocycles. The van der Waals surface area contributed by atoms with Crippen LogP contribution in [0.5, 0.6) is 0 Å². The molecule has 0 saturated heterocycles. The van der Waals surface area contributed by atoms with Gasteiger partial charge < -0.3 is 11.1 Å². The number of hydrogen-bond acceptors (Lipinski definition) is 2. The molecule has 0 fully saturated rings. The lowest BCUT2D eigenvalue weighted by Gasteiger charge is -2.08. The van der Waals surface area contributed by atoms with Crippen LogP contribution < -0.4 is 11.1 Å². The second kappa shape index (κ2) is 8.05. The number of carbonyl (C=O) groups excluding carboxylic acids is 1. The summed E-state index contributed by atoms with van der Waals surface area (Å²) >= 11 is 0. The Balaban J connectivity index is 3.30. The lowest BCUT2D eigenvalue weighted by molar-refractivity contribution is -0.121. The van der Waals surface area contributed by atoms with Gasteiger partial charge in [-0.1, -0.05) is 20.3 Å². The van der Waals surface area contributed by atoms with Crippen LogP contribution >= 0.6 is 0 Å². The minimum Gasteiger partial charge on any atom is -0.356 e. The number of hydrogen-bond donors (Lipinski definition) is 2. The molecule has 0 aromatic carbocycles. The molecule has 13 heavy (non-hydrogen) atoms. The fourth-order valence-corrected chi connectivity index (χ4v) is 1.03. The van der Waals surface area contributed by atoms with Gasteiger partial charge in [0.25, 0.3) is 0 Å². The summed E-state index contributed by atoms with van der Waals surface area (Å²) in [5.74, 6) is 0.667. The third kappa shape index (κ3) is 7.78. The van der Waals surface area contributed by atoms with Gasteiger partial charge in [-0.15, -0.1) is 0 Å². The molecule has 1 amide bonds. The number of nitrogens with one attached hydrogen (secondary N) is 1. The highest BCUT2D eigenvalue weighted by molar-refractivity contribution is 5.76. The van der Waals surface area contributed by atoms with Crippen molar-refractivity contribution in [3.05, 3.63) is 0 Å². The Kier molecular flexibility index (Phi) is 7.69. The van der Waals surface area contributed by atoms with E-state index in [1.807, 2.05) is 0 Å². The highest BCUT2D eigenvalue weighted by Gasteiger charge is 2.05. The first-order valence-electron chi connectivity index (χ1n) is 5.17. The summed E-state index contributed by atoms with van der Waals surface area (Å²) in [6.07, 6.45) is 3.70. The van der Waals surface area contributed by atoms with E-state index in [2.05, 4.69) is 19.2 Å². The Labute approximate surface area is 81.1 Å². The molecular formula is C10H22N2O.